The highest BCUT2D eigenvalue weighted by Gasteiger charge is 2.36. The Morgan fingerprint density at radius 3 is 2.25 bits per heavy atom. The van der Waals surface area contributed by atoms with Crippen molar-refractivity contribution in [1.29, 1.82) is 0 Å². The first-order valence-corrected chi connectivity index (χ1v) is 12.8. The minimum absolute atomic E-state index is 0.0253. The molecule has 8 nitrogen and oxygen atoms in total. The number of aromatic nitrogens is 1. The van der Waals surface area contributed by atoms with Gasteiger partial charge in [-0.1, -0.05) is 56.6 Å². The van der Waals surface area contributed by atoms with Crippen LogP contribution in [0.5, 0.6) is 0 Å². The molecule has 0 aliphatic heterocycles. The minimum Gasteiger partial charge on any atom is -0.395 e. The third-order valence-corrected chi connectivity index (χ3v) is 6.81. The quantitative estimate of drug-likeness (QED) is 0.355. The zero-order valence-electron chi connectivity index (χ0n) is 20.5. The van der Waals surface area contributed by atoms with Gasteiger partial charge in [-0.25, -0.2) is 0 Å². The second-order valence-electron chi connectivity index (χ2n) is 8.76. The van der Waals surface area contributed by atoms with Crippen molar-refractivity contribution in [2.45, 2.75) is 39.7 Å². The fourth-order valence-electron chi connectivity index (χ4n) is 3.66. The molecule has 2 aromatic carbocycles. The maximum absolute atomic E-state index is 14.0. The summed E-state index contributed by atoms with van der Waals surface area (Å²) in [4.78, 5) is 40.7. The topological polar surface area (TPSA) is 131 Å². The number of aryl methyl sites for hydroxylation is 1. The van der Waals surface area contributed by atoms with Gasteiger partial charge in [0.05, 0.1) is 5.69 Å². The number of nitrogens with zero attached hydrogens (tertiary/aromatic N) is 2. The first-order chi connectivity index (χ1) is 17.1. The van der Waals surface area contributed by atoms with Crippen LogP contribution < -0.4 is 21.7 Å². The number of amides is 3. The van der Waals surface area contributed by atoms with Crippen LogP contribution in [0.2, 0.25) is 5.02 Å². The zero-order chi connectivity index (χ0) is 26.4. The number of hydrogen-bond acceptors (Lipinski definition) is 6. The maximum atomic E-state index is 14.0. The fourth-order valence-corrected chi connectivity index (χ4v) is 4.53. The minimum atomic E-state index is -1.03. The van der Waals surface area contributed by atoms with Crippen LogP contribution in [0.1, 0.15) is 64.5 Å². The molecule has 1 aromatic heterocycles. The van der Waals surface area contributed by atoms with Crippen LogP contribution in [-0.4, -0.2) is 28.6 Å². The molecule has 0 fully saturated rings. The highest BCUT2D eigenvalue weighted by Crippen LogP contribution is 2.33. The number of benzene rings is 2. The molecule has 0 saturated carbocycles. The molecular weight excluding hydrogens is 498 g/mol. The van der Waals surface area contributed by atoms with Crippen molar-refractivity contribution in [2.24, 2.45) is 11.7 Å². The van der Waals surface area contributed by atoms with Crippen LogP contribution in [0.4, 0.5) is 11.4 Å². The van der Waals surface area contributed by atoms with Gasteiger partial charge in [0.2, 0.25) is 5.91 Å². The van der Waals surface area contributed by atoms with Crippen LogP contribution >= 0.6 is 23.1 Å². The number of hydrogen-bond donors (Lipinski definition) is 3. The van der Waals surface area contributed by atoms with Gasteiger partial charge in [-0.2, -0.15) is 4.37 Å². The highest BCUT2D eigenvalue weighted by molar-refractivity contribution is 7.09. The SMILES string of the molecule is CCc1ccc(N(C(=O)c2snc(C(N)=O)c2N)[C@H](C(=O)NCCC(C)C)c2ccc(Cl)cc2)cc1. The fraction of sp³-hybridized carbons (Fsp3) is 0.308. The Balaban J connectivity index is 2.15. The number of rotatable bonds is 10. The van der Waals surface area contributed by atoms with Gasteiger partial charge in [-0.15, -0.1) is 0 Å². The van der Waals surface area contributed by atoms with Crippen molar-refractivity contribution < 1.29 is 14.4 Å². The van der Waals surface area contributed by atoms with Gasteiger partial charge in [-0.05, 0) is 65.7 Å². The summed E-state index contributed by atoms with van der Waals surface area (Å²) in [5.41, 5.74) is 13.3. The van der Waals surface area contributed by atoms with E-state index in [9.17, 15) is 14.4 Å². The number of carbonyl (C=O) groups excluding carboxylic acids is 3. The van der Waals surface area contributed by atoms with Gasteiger partial charge in [0.1, 0.15) is 10.9 Å². The lowest BCUT2D eigenvalue weighted by Gasteiger charge is -2.31. The van der Waals surface area contributed by atoms with E-state index in [0.717, 1.165) is 29.9 Å². The molecule has 0 spiro atoms. The average Bonchev–Trinajstić information content (AvgIpc) is 3.24. The smallest absolute Gasteiger partial charge is 0.273 e. The van der Waals surface area contributed by atoms with E-state index in [1.807, 2.05) is 19.1 Å². The summed E-state index contributed by atoms with van der Waals surface area (Å²) in [5, 5.41) is 3.46. The third-order valence-electron chi connectivity index (χ3n) is 5.71. The van der Waals surface area contributed by atoms with Crippen molar-refractivity contribution in [2.75, 3.05) is 17.2 Å². The highest BCUT2D eigenvalue weighted by atomic mass is 35.5. The Bertz CT molecular complexity index is 1230. The van der Waals surface area contributed by atoms with Gasteiger partial charge >= 0.3 is 0 Å². The first kappa shape index (κ1) is 27.2. The van der Waals surface area contributed by atoms with E-state index < -0.39 is 17.9 Å². The summed E-state index contributed by atoms with van der Waals surface area (Å²) in [6, 6.07) is 13.1. The van der Waals surface area contributed by atoms with Gasteiger partial charge < -0.3 is 16.8 Å². The number of nitrogen functional groups attached to an aromatic ring is 1. The van der Waals surface area contributed by atoms with Crippen molar-refractivity contribution >= 4 is 52.2 Å². The summed E-state index contributed by atoms with van der Waals surface area (Å²) < 4.78 is 3.97. The van der Waals surface area contributed by atoms with E-state index in [0.29, 0.717) is 28.7 Å². The molecule has 0 unspecified atom stereocenters. The molecule has 1 heterocycles. The number of primary amides is 1. The first-order valence-electron chi connectivity index (χ1n) is 11.6. The second kappa shape index (κ2) is 12.0. The molecule has 0 aliphatic carbocycles. The van der Waals surface area contributed by atoms with E-state index in [1.165, 1.54) is 4.90 Å². The molecular formula is C26H30ClN5O3S. The molecule has 0 radical (unpaired) electrons. The van der Waals surface area contributed by atoms with Crippen molar-refractivity contribution in [3.05, 3.63) is 75.3 Å². The molecule has 3 aromatic rings. The predicted octanol–water partition coefficient (Wildman–Crippen LogP) is 4.59. The molecule has 10 heteroatoms. The Labute approximate surface area is 219 Å². The number of nitrogens with two attached hydrogens (primary N) is 2. The normalized spacial score (nSPS) is 11.8. The van der Waals surface area contributed by atoms with E-state index in [-0.39, 0.29) is 22.2 Å². The van der Waals surface area contributed by atoms with Crippen molar-refractivity contribution in [3.8, 4) is 0 Å². The molecule has 1 atom stereocenters. The molecule has 190 valence electrons. The van der Waals surface area contributed by atoms with E-state index >= 15 is 0 Å². The van der Waals surface area contributed by atoms with Crippen LogP contribution in [0.25, 0.3) is 0 Å². The Kier molecular flexibility index (Phi) is 9.06. The average molecular weight is 528 g/mol. The van der Waals surface area contributed by atoms with Crippen LogP contribution in [0, 0.1) is 5.92 Å². The van der Waals surface area contributed by atoms with E-state index in [1.54, 1.807) is 36.4 Å². The van der Waals surface area contributed by atoms with Gasteiger partial charge in [-0.3, -0.25) is 19.3 Å². The van der Waals surface area contributed by atoms with E-state index in [4.69, 9.17) is 23.1 Å². The number of halogens is 1. The van der Waals surface area contributed by atoms with E-state index in [2.05, 4.69) is 23.5 Å². The summed E-state index contributed by atoms with van der Waals surface area (Å²) in [6.45, 7) is 6.61. The van der Waals surface area contributed by atoms with Crippen LogP contribution in [-0.2, 0) is 11.2 Å². The summed E-state index contributed by atoms with van der Waals surface area (Å²) in [7, 11) is 0. The third kappa shape index (κ3) is 6.22. The van der Waals surface area contributed by atoms with Gasteiger partial charge in [0.15, 0.2) is 5.69 Å². The van der Waals surface area contributed by atoms with Gasteiger partial charge in [0.25, 0.3) is 11.8 Å². The second-order valence-corrected chi connectivity index (χ2v) is 9.97. The number of carbonyl (C=O) groups is 3. The number of nitrogens with one attached hydrogen (secondary N) is 1. The van der Waals surface area contributed by atoms with Crippen molar-refractivity contribution in [1.82, 2.24) is 9.69 Å². The zero-order valence-corrected chi connectivity index (χ0v) is 22.0. The van der Waals surface area contributed by atoms with Gasteiger partial charge in [0, 0.05) is 17.3 Å². The lowest BCUT2D eigenvalue weighted by Crippen LogP contribution is -2.44. The molecule has 36 heavy (non-hydrogen) atoms. The molecule has 0 aliphatic rings. The Morgan fingerprint density at radius 1 is 1.08 bits per heavy atom. The molecule has 5 N–H and O–H groups in total. The van der Waals surface area contributed by atoms with Crippen LogP contribution in [0.15, 0.2) is 48.5 Å². The lowest BCUT2D eigenvalue weighted by atomic mass is 10.0. The predicted molar refractivity (Wildman–Crippen MR) is 144 cm³/mol. The Morgan fingerprint density at radius 2 is 1.72 bits per heavy atom. The molecule has 0 saturated heterocycles. The standard InChI is InChI=1S/C26H30ClN5O3S/c1-4-16-5-11-19(12-6-16)32(26(35)23-20(28)21(24(29)33)31-36-23)22(17-7-9-18(27)10-8-17)25(34)30-14-13-15(2)3/h5-12,15,22H,4,13-14,28H2,1-3H3,(H2,29,33)(H,30,34)/t22-/m0/s1. The lowest BCUT2D eigenvalue weighted by molar-refractivity contribution is -0.122. The number of anilines is 2. The Hall–Kier alpha value is -3.43. The molecule has 0 bridgehead atoms. The monoisotopic (exact) mass is 527 g/mol. The summed E-state index contributed by atoms with van der Waals surface area (Å²) >= 11 is 6.88. The molecule has 3 rings (SSSR count). The maximum Gasteiger partial charge on any atom is 0.273 e. The molecule has 3 amide bonds. The van der Waals surface area contributed by atoms with Crippen molar-refractivity contribution in [3.63, 3.8) is 0 Å². The summed E-state index contributed by atoms with van der Waals surface area (Å²) in [6.07, 6.45) is 1.59. The summed E-state index contributed by atoms with van der Waals surface area (Å²) in [5.74, 6) is -1.37. The largest absolute Gasteiger partial charge is 0.395 e. The van der Waals surface area contributed by atoms with Crippen LogP contribution in [0.3, 0.4) is 0 Å².